The summed E-state index contributed by atoms with van der Waals surface area (Å²) >= 11 is 0. The number of benzene rings is 4. The molecular formula is C31H28FN3O. The van der Waals surface area contributed by atoms with Crippen LogP contribution in [0.3, 0.4) is 0 Å². The van der Waals surface area contributed by atoms with E-state index in [2.05, 4.69) is 78.2 Å². The second-order valence-electron chi connectivity index (χ2n) is 9.68. The lowest BCUT2D eigenvalue weighted by molar-refractivity contribution is -0.122. The summed E-state index contributed by atoms with van der Waals surface area (Å²) in [6.45, 7) is 5.94. The number of carbonyl (C=O) groups is 1. The van der Waals surface area contributed by atoms with Crippen LogP contribution in [0.15, 0.2) is 97.1 Å². The molecule has 4 nitrogen and oxygen atoms in total. The van der Waals surface area contributed by atoms with Gasteiger partial charge in [-0.15, -0.1) is 0 Å². The monoisotopic (exact) mass is 477 g/mol. The predicted molar refractivity (Wildman–Crippen MR) is 143 cm³/mol. The lowest BCUT2D eigenvalue weighted by Gasteiger charge is -2.42. The number of halogens is 1. The molecule has 2 aliphatic rings. The van der Waals surface area contributed by atoms with Crippen molar-refractivity contribution in [3.8, 4) is 0 Å². The fourth-order valence-corrected chi connectivity index (χ4v) is 5.62. The maximum absolute atomic E-state index is 14.7. The number of aryl methyl sites for hydroxylation is 2. The van der Waals surface area contributed by atoms with Crippen molar-refractivity contribution in [2.45, 2.75) is 26.1 Å². The molecule has 0 atom stereocenters. The van der Waals surface area contributed by atoms with Crippen LogP contribution in [-0.4, -0.2) is 19.0 Å². The third kappa shape index (κ3) is 3.38. The molecule has 1 spiro atoms. The Balaban J connectivity index is 1.54. The van der Waals surface area contributed by atoms with Gasteiger partial charge in [-0.1, -0.05) is 65.7 Å². The molecule has 1 amide bonds. The fourth-order valence-electron chi connectivity index (χ4n) is 5.62. The van der Waals surface area contributed by atoms with E-state index in [1.54, 1.807) is 12.1 Å². The quantitative estimate of drug-likeness (QED) is 0.352. The molecule has 0 radical (unpaired) electrons. The summed E-state index contributed by atoms with van der Waals surface area (Å²) in [5.41, 5.74) is 6.12. The van der Waals surface area contributed by atoms with Gasteiger partial charge in [0, 0.05) is 30.0 Å². The van der Waals surface area contributed by atoms with Crippen molar-refractivity contribution in [2.75, 3.05) is 27.8 Å². The number of fused-ring (bicyclic) bond motifs is 2. The highest BCUT2D eigenvalue weighted by Gasteiger charge is 2.61. The molecule has 0 aliphatic carbocycles. The first-order valence-electron chi connectivity index (χ1n) is 12.3. The second kappa shape index (κ2) is 8.52. The molecule has 0 N–H and O–H groups in total. The topological polar surface area (TPSA) is 26.8 Å². The minimum atomic E-state index is -1.01. The first kappa shape index (κ1) is 22.4. The summed E-state index contributed by atoms with van der Waals surface area (Å²) in [7, 11) is 0. The summed E-state index contributed by atoms with van der Waals surface area (Å²) in [5, 5.41) is 0. The van der Waals surface area contributed by atoms with Crippen LogP contribution >= 0.6 is 0 Å². The van der Waals surface area contributed by atoms with E-state index in [4.69, 9.17) is 0 Å². The number of para-hydroxylation sites is 1. The van der Waals surface area contributed by atoms with Crippen LogP contribution in [0, 0.1) is 19.7 Å². The third-order valence-electron chi connectivity index (χ3n) is 7.39. The van der Waals surface area contributed by atoms with Crippen molar-refractivity contribution >= 4 is 23.0 Å². The normalized spacial score (nSPS) is 16.2. The zero-order valence-electron chi connectivity index (χ0n) is 20.5. The lowest BCUT2D eigenvalue weighted by Crippen LogP contribution is -2.58. The van der Waals surface area contributed by atoms with Gasteiger partial charge in [-0.3, -0.25) is 4.79 Å². The Kier molecular flexibility index (Phi) is 5.29. The standard InChI is InChI=1S/C31H28FN3O/c1-22-7-15-26(16-8-22)34-19-20-35(27-17-9-23(2)10-18-27)31(34)28-5-3-4-6-29(28)33(30(31)36)21-24-11-13-25(32)14-12-24/h3-18H,19-21H2,1-2H3. The van der Waals surface area contributed by atoms with Crippen molar-refractivity contribution in [1.29, 1.82) is 0 Å². The van der Waals surface area contributed by atoms with Crippen molar-refractivity contribution in [2.24, 2.45) is 0 Å². The van der Waals surface area contributed by atoms with E-state index in [1.165, 1.54) is 23.3 Å². The van der Waals surface area contributed by atoms with Crippen LogP contribution in [0.25, 0.3) is 0 Å². The summed E-state index contributed by atoms with van der Waals surface area (Å²) in [6.07, 6.45) is 0. The maximum Gasteiger partial charge on any atom is 0.279 e. The van der Waals surface area contributed by atoms with Gasteiger partial charge in [-0.2, -0.15) is 0 Å². The molecule has 1 fully saturated rings. The maximum atomic E-state index is 14.7. The molecule has 4 aromatic carbocycles. The molecule has 6 rings (SSSR count). The number of carbonyl (C=O) groups excluding carboxylic acids is 1. The zero-order valence-corrected chi connectivity index (χ0v) is 20.5. The van der Waals surface area contributed by atoms with Crippen LogP contribution in [0.1, 0.15) is 22.3 Å². The minimum absolute atomic E-state index is 0.00618. The fraction of sp³-hybridized carbons (Fsp3) is 0.194. The van der Waals surface area contributed by atoms with E-state index >= 15 is 0 Å². The van der Waals surface area contributed by atoms with Gasteiger partial charge < -0.3 is 14.7 Å². The SMILES string of the molecule is Cc1ccc(N2CCN(c3ccc(C)cc3)C23C(=O)N(Cc2ccc(F)cc2)c2ccccc23)cc1. The van der Waals surface area contributed by atoms with Gasteiger partial charge in [0.15, 0.2) is 0 Å². The largest absolute Gasteiger partial charge is 0.335 e. The van der Waals surface area contributed by atoms with Gasteiger partial charge in [-0.25, -0.2) is 4.39 Å². The Morgan fingerprint density at radius 2 is 1.25 bits per heavy atom. The van der Waals surface area contributed by atoms with Crippen LogP contribution in [0.2, 0.25) is 0 Å². The Labute approximate surface area is 211 Å². The predicted octanol–water partition coefficient (Wildman–Crippen LogP) is 6.17. The van der Waals surface area contributed by atoms with E-state index in [0.29, 0.717) is 19.6 Å². The van der Waals surface area contributed by atoms with E-state index in [1.807, 2.05) is 23.1 Å². The third-order valence-corrected chi connectivity index (χ3v) is 7.39. The number of amides is 1. The van der Waals surface area contributed by atoms with Crippen LogP contribution in [0.4, 0.5) is 21.5 Å². The molecular weight excluding hydrogens is 449 g/mol. The average molecular weight is 478 g/mol. The summed E-state index contributed by atoms with van der Waals surface area (Å²) in [6, 6.07) is 31.3. The molecule has 5 heteroatoms. The molecule has 2 aliphatic heterocycles. The highest BCUT2D eigenvalue weighted by atomic mass is 19.1. The van der Waals surface area contributed by atoms with Gasteiger partial charge in [0.1, 0.15) is 5.82 Å². The van der Waals surface area contributed by atoms with Gasteiger partial charge in [-0.05, 0) is 61.9 Å². The van der Waals surface area contributed by atoms with Gasteiger partial charge in [0.2, 0.25) is 5.66 Å². The van der Waals surface area contributed by atoms with Crippen LogP contribution in [0.5, 0.6) is 0 Å². The van der Waals surface area contributed by atoms with Gasteiger partial charge in [0.25, 0.3) is 5.91 Å². The lowest BCUT2D eigenvalue weighted by atomic mass is 9.96. The number of rotatable bonds is 4. The number of hydrogen-bond acceptors (Lipinski definition) is 3. The number of hydrogen-bond donors (Lipinski definition) is 0. The van der Waals surface area contributed by atoms with E-state index in [-0.39, 0.29) is 11.7 Å². The smallest absolute Gasteiger partial charge is 0.279 e. The molecule has 180 valence electrons. The first-order valence-corrected chi connectivity index (χ1v) is 12.3. The van der Waals surface area contributed by atoms with Crippen molar-refractivity contribution in [3.63, 3.8) is 0 Å². The summed E-state index contributed by atoms with van der Waals surface area (Å²) in [4.78, 5) is 21.1. The highest BCUT2D eigenvalue weighted by Crippen LogP contribution is 2.52. The summed E-state index contributed by atoms with van der Waals surface area (Å²) < 4.78 is 13.6. The zero-order chi connectivity index (χ0) is 24.9. The van der Waals surface area contributed by atoms with E-state index in [0.717, 1.165) is 28.2 Å². The number of nitrogens with zero attached hydrogens (tertiary/aromatic N) is 3. The molecule has 1 saturated heterocycles. The molecule has 36 heavy (non-hydrogen) atoms. The van der Waals surface area contributed by atoms with E-state index in [9.17, 15) is 9.18 Å². The van der Waals surface area contributed by atoms with Crippen LogP contribution in [-0.2, 0) is 17.0 Å². The Morgan fingerprint density at radius 1 is 0.722 bits per heavy atom. The Morgan fingerprint density at radius 3 is 1.81 bits per heavy atom. The minimum Gasteiger partial charge on any atom is -0.335 e. The molecule has 0 saturated carbocycles. The van der Waals surface area contributed by atoms with Crippen LogP contribution < -0.4 is 14.7 Å². The number of anilines is 3. The Hall–Kier alpha value is -4.12. The van der Waals surface area contributed by atoms with Crippen molar-refractivity contribution < 1.29 is 9.18 Å². The summed E-state index contributed by atoms with van der Waals surface area (Å²) in [5.74, 6) is -0.276. The van der Waals surface area contributed by atoms with Crippen molar-refractivity contribution in [1.82, 2.24) is 0 Å². The van der Waals surface area contributed by atoms with Gasteiger partial charge in [0.05, 0.1) is 12.2 Å². The first-order chi connectivity index (χ1) is 17.5. The molecule has 0 unspecified atom stereocenters. The second-order valence-corrected chi connectivity index (χ2v) is 9.68. The molecule has 2 heterocycles. The van der Waals surface area contributed by atoms with Crippen molar-refractivity contribution in [3.05, 3.63) is 125 Å². The Bertz CT molecular complexity index is 1360. The molecule has 0 aromatic heterocycles. The molecule has 0 bridgehead atoms. The van der Waals surface area contributed by atoms with E-state index < -0.39 is 5.66 Å². The highest BCUT2D eigenvalue weighted by molar-refractivity contribution is 6.12. The average Bonchev–Trinajstić information content (AvgIpc) is 3.40. The molecule has 4 aromatic rings. The van der Waals surface area contributed by atoms with Gasteiger partial charge >= 0.3 is 0 Å².